The van der Waals surface area contributed by atoms with Gasteiger partial charge in [0.2, 0.25) is 0 Å². The first-order valence-corrected chi connectivity index (χ1v) is 8.82. The lowest BCUT2D eigenvalue weighted by molar-refractivity contribution is -0.145. The van der Waals surface area contributed by atoms with E-state index >= 15 is 0 Å². The smallest absolute Gasteiger partial charge is 0.313 e. The molecule has 4 heteroatoms. The van der Waals surface area contributed by atoms with Gasteiger partial charge < -0.3 is 9.64 Å². The normalized spacial score (nSPS) is 14.3. The quantitative estimate of drug-likeness (QED) is 0.739. The van der Waals surface area contributed by atoms with Gasteiger partial charge in [-0.25, -0.2) is 0 Å². The fraction of sp³-hybridized carbons (Fsp3) is 0.333. The number of carbonyl (C=O) groups excluding carboxylic acids is 2. The van der Waals surface area contributed by atoms with Crippen molar-refractivity contribution in [3.05, 3.63) is 65.2 Å². The third-order valence-corrected chi connectivity index (χ3v) is 4.58. The van der Waals surface area contributed by atoms with Crippen LogP contribution in [0, 0.1) is 0 Å². The molecule has 1 aliphatic heterocycles. The van der Waals surface area contributed by atoms with Gasteiger partial charge in [0.05, 0.1) is 19.1 Å². The SMILES string of the molecule is CCCC(C(=O)OCC)c1ccc(N2Cc3ccccc3C2=O)cc1. The van der Waals surface area contributed by atoms with Crippen molar-refractivity contribution >= 4 is 17.6 Å². The number of hydrogen-bond acceptors (Lipinski definition) is 3. The standard InChI is InChI=1S/C21H23NO3/c1-3-7-19(21(24)25-4-2)15-10-12-17(13-11-15)22-14-16-8-5-6-9-18(16)20(22)23/h5-6,8-13,19H,3-4,7,14H2,1-2H3. The molecule has 0 fully saturated rings. The molecule has 0 radical (unpaired) electrons. The highest BCUT2D eigenvalue weighted by Gasteiger charge is 2.28. The summed E-state index contributed by atoms with van der Waals surface area (Å²) in [5, 5.41) is 0. The van der Waals surface area contributed by atoms with E-state index in [4.69, 9.17) is 4.74 Å². The van der Waals surface area contributed by atoms with E-state index < -0.39 is 0 Å². The van der Waals surface area contributed by atoms with Gasteiger partial charge >= 0.3 is 5.97 Å². The number of rotatable bonds is 6. The molecule has 1 amide bonds. The lowest BCUT2D eigenvalue weighted by Gasteiger charge is -2.19. The molecule has 3 rings (SSSR count). The fourth-order valence-electron chi connectivity index (χ4n) is 3.30. The van der Waals surface area contributed by atoms with Crippen LogP contribution >= 0.6 is 0 Å². The highest BCUT2D eigenvalue weighted by molar-refractivity contribution is 6.09. The summed E-state index contributed by atoms with van der Waals surface area (Å²) >= 11 is 0. The van der Waals surface area contributed by atoms with Crippen LogP contribution in [0.4, 0.5) is 5.69 Å². The lowest BCUT2D eigenvalue weighted by atomic mass is 9.94. The van der Waals surface area contributed by atoms with Crippen LogP contribution in [0.1, 0.15) is 54.1 Å². The summed E-state index contributed by atoms with van der Waals surface area (Å²) in [6.45, 7) is 4.85. The number of amides is 1. The summed E-state index contributed by atoms with van der Waals surface area (Å²) in [4.78, 5) is 26.5. The Morgan fingerprint density at radius 3 is 2.48 bits per heavy atom. The summed E-state index contributed by atoms with van der Waals surface area (Å²) in [5.41, 5.74) is 3.60. The maximum Gasteiger partial charge on any atom is 0.313 e. The van der Waals surface area contributed by atoms with E-state index in [2.05, 4.69) is 6.92 Å². The molecular weight excluding hydrogens is 314 g/mol. The fourth-order valence-corrected chi connectivity index (χ4v) is 3.30. The third kappa shape index (κ3) is 3.43. The number of nitrogens with zero attached hydrogens (tertiary/aromatic N) is 1. The molecule has 1 unspecified atom stereocenters. The Morgan fingerprint density at radius 1 is 1.12 bits per heavy atom. The van der Waals surface area contributed by atoms with Crippen molar-refractivity contribution in [2.45, 2.75) is 39.2 Å². The topological polar surface area (TPSA) is 46.6 Å². The number of esters is 1. The molecule has 25 heavy (non-hydrogen) atoms. The highest BCUT2D eigenvalue weighted by Crippen LogP contribution is 2.30. The summed E-state index contributed by atoms with van der Waals surface area (Å²) in [6, 6.07) is 15.4. The molecule has 2 aromatic carbocycles. The van der Waals surface area contributed by atoms with Gasteiger partial charge in [0.1, 0.15) is 0 Å². The van der Waals surface area contributed by atoms with Crippen LogP contribution in [0.15, 0.2) is 48.5 Å². The molecule has 2 aromatic rings. The van der Waals surface area contributed by atoms with Crippen LogP contribution in [-0.2, 0) is 16.1 Å². The summed E-state index contributed by atoms with van der Waals surface area (Å²) in [5.74, 6) is -0.397. The third-order valence-electron chi connectivity index (χ3n) is 4.58. The Morgan fingerprint density at radius 2 is 1.84 bits per heavy atom. The van der Waals surface area contributed by atoms with Crippen molar-refractivity contribution in [3.63, 3.8) is 0 Å². The van der Waals surface area contributed by atoms with E-state index in [1.54, 1.807) is 4.90 Å². The Hall–Kier alpha value is -2.62. The Labute approximate surface area is 148 Å². The van der Waals surface area contributed by atoms with Gasteiger partial charge in [0, 0.05) is 11.3 Å². The van der Waals surface area contributed by atoms with Crippen molar-refractivity contribution in [2.75, 3.05) is 11.5 Å². The molecular formula is C21H23NO3. The predicted octanol–water partition coefficient (Wildman–Crippen LogP) is 4.29. The monoisotopic (exact) mass is 337 g/mol. The average Bonchev–Trinajstić information content (AvgIpc) is 2.97. The van der Waals surface area contributed by atoms with Gasteiger partial charge in [-0.05, 0) is 42.7 Å². The Balaban J connectivity index is 1.81. The van der Waals surface area contributed by atoms with Crippen LogP contribution in [0.5, 0.6) is 0 Å². The van der Waals surface area contributed by atoms with Crippen molar-refractivity contribution in [1.29, 1.82) is 0 Å². The van der Waals surface area contributed by atoms with Gasteiger partial charge in [0.25, 0.3) is 5.91 Å². The van der Waals surface area contributed by atoms with Gasteiger partial charge in [-0.1, -0.05) is 43.7 Å². The van der Waals surface area contributed by atoms with E-state index in [1.807, 2.05) is 55.5 Å². The average molecular weight is 337 g/mol. The lowest BCUT2D eigenvalue weighted by Crippen LogP contribution is -2.23. The zero-order valence-electron chi connectivity index (χ0n) is 14.7. The van der Waals surface area contributed by atoms with Crippen LogP contribution in [0.2, 0.25) is 0 Å². The van der Waals surface area contributed by atoms with E-state index in [9.17, 15) is 9.59 Å². The number of benzene rings is 2. The molecule has 4 nitrogen and oxygen atoms in total. The highest BCUT2D eigenvalue weighted by atomic mass is 16.5. The van der Waals surface area contributed by atoms with Crippen molar-refractivity contribution in [1.82, 2.24) is 0 Å². The molecule has 0 bridgehead atoms. The summed E-state index contributed by atoms with van der Waals surface area (Å²) in [6.07, 6.45) is 1.66. The molecule has 0 N–H and O–H groups in total. The zero-order valence-corrected chi connectivity index (χ0v) is 14.7. The molecule has 1 aliphatic rings. The number of carbonyl (C=O) groups is 2. The molecule has 1 heterocycles. The minimum Gasteiger partial charge on any atom is -0.466 e. The van der Waals surface area contributed by atoms with E-state index in [-0.39, 0.29) is 17.8 Å². The van der Waals surface area contributed by atoms with Crippen molar-refractivity contribution in [3.8, 4) is 0 Å². The van der Waals surface area contributed by atoms with Gasteiger partial charge in [-0.3, -0.25) is 9.59 Å². The van der Waals surface area contributed by atoms with Gasteiger partial charge in [-0.15, -0.1) is 0 Å². The van der Waals surface area contributed by atoms with Crippen molar-refractivity contribution in [2.24, 2.45) is 0 Å². The second-order valence-corrected chi connectivity index (χ2v) is 6.23. The maximum atomic E-state index is 12.6. The first-order valence-electron chi connectivity index (χ1n) is 8.82. The zero-order chi connectivity index (χ0) is 17.8. The first kappa shape index (κ1) is 17.2. The number of anilines is 1. The number of fused-ring (bicyclic) bond motifs is 1. The van der Waals surface area contributed by atoms with Crippen LogP contribution in [0.3, 0.4) is 0 Å². The van der Waals surface area contributed by atoms with Crippen molar-refractivity contribution < 1.29 is 14.3 Å². The molecule has 0 saturated carbocycles. The second kappa shape index (κ2) is 7.51. The number of ether oxygens (including phenoxy) is 1. The Bertz CT molecular complexity index is 767. The van der Waals surface area contributed by atoms with Gasteiger partial charge in [-0.2, -0.15) is 0 Å². The van der Waals surface area contributed by atoms with Gasteiger partial charge in [0.15, 0.2) is 0 Å². The maximum absolute atomic E-state index is 12.6. The van der Waals surface area contributed by atoms with Crippen LogP contribution < -0.4 is 4.90 Å². The van der Waals surface area contributed by atoms with E-state index in [0.717, 1.165) is 35.2 Å². The summed E-state index contributed by atoms with van der Waals surface area (Å²) < 4.78 is 5.20. The largest absolute Gasteiger partial charge is 0.466 e. The molecule has 0 aromatic heterocycles. The molecule has 1 atom stereocenters. The summed E-state index contributed by atoms with van der Waals surface area (Å²) in [7, 11) is 0. The first-order chi connectivity index (χ1) is 12.2. The van der Waals surface area contributed by atoms with Crippen LogP contribution in [0.25, 0.3) is 0 Å². The molecule has 0 spiro atoms. The predicted molar refractivity (Wildman–Crippen MR) is 97.7 cm³/mol. The molecule has 130 valence electrons. The van der Waals surface area contributed by atoms with Crippen LogP contribution in [-0.4, -0.2) is 18.5 Å². The molecule has 0 saturated heterocycles. The number of hydrogen-bond donors (Lipinski definition) is 0. The molecule has 0 aliphatic carbocycles. The van der Waals surface area contributed by atoms with E-state index in [1.165, 1.54) is 0 Å². The van der Waals surface area contributed by atoms with E-state index in [0.29, 0.717) is 13.2 Å². The second-order valence-electron chi connectivity index (χ2n) is 6.23. The minimum absolute atomic E-state index is 0.0267. The minimum atomic E-state index is -0.245. The Kier molecular flexibility index (Phi) is 5.17.